The van der Waals surface area contributed by atoms with E-state index in [1.807, 2.05) is 0 Å². The van der Waals surface area contributed by atoms with Gasteiger partial charge in [-0.3, -0.25) is 14.7 Å². The summed E-state index contributed by atoms with van der Waals surface area (Å²) in [6.45, 7) is 0.179. The fourth-order valence-corrected chi connectivity index (χ4v) is 1.64. The molecule has 0 aliphatic rings. The number of nitrogens with two attached hydrogens (primary N) is 1. The SMILES string of the molecule is Nc1ccc(Cl)c(Cn2[nH]c(=O)ccc2=O)c1. The third kappa shape index (κ3) is 2.57. The Bertz CT molecular complexity index is 660. The Morgan fingerprint density at radius 3 is 2.76 bits per heavy atom. The molecule has 88 valence electrons. The first kappa shape index (κ1) is 11.5. The first-order valence-corrected chi connectivity index (χ1v) is 5.28. The molecule has 3 N–H and O–H groups in total. The number of aromatic nitrogens is 2. The van der Waals surface area contributed by atoms with Crippen LogP contribution in [0.3, 0.4) is 0 Å². The quantitative estimate of drug-likeness (QED) is 0.776. The summed E-state index contributed by atoms with van der Waals surface area (Å²) in [6.07, 6.45) is 0. The number of halogens is 1. The lowest BCUT2D eigenvalue weighted by atomic mass is 10.2. The molecule has 0 unspecified atom stereocenters. The molecule has 17 heavy (non-hydrogen) atoms. The number of benzene rings is 1. The summed E-state index contributed by atoms with van der Waals surface area (Å²) in [7, 11) is 0. The van der Waals surface area contributed by atoms with Gasteiger partial charge in [0.15, 0.2) is 0 Å². The fourth-order valence-electron chi connectivity index (χ4n) is 1.47. The zero-order chi connectivity index (χ0) is 12.4. The molecule has 0 spiro atoms. The third-order valence-corrected chi connectivity index (χ3v) is 2.66. The van der Waals surface area contributed by atoms with Gasteiger partial charge in [-0.25, -0.2) is 4.68 Å². The van der Waals surface area contributed by atoms with Gasteiger partial charge in [-0.2, -0.15) is 0 Å². The number of nitrogens with one attached hydrogen (secondary N) is 1. The third-order valence-electron chi connectivity index (χ3n) is 2.29. The van der Waals surface area contributed by atoms with Gasteiger partial charge in [0.1, 0.15) is 0 Å². The number of nitrogens with zero attached hydrogens (tertiary/aromatic N) is 1. The molecule has 0 atom stereocenters. The van der Waals surface area contributed by atoms with E-state index in [0.717, 1.165) is 0 Å². The van der Waals surface area contributed by atoms with Crippen LogP contribution in [0.25, 0.3) is 0 Å². The van der Waals surface area contributed by atoms with Crippen molar-refractivity contribution in [2.24, 2.45) is 0 Å². The van der Waals surface area contributed by atoms with Gasteiger partial charge in [0, 0.05) is 22.8 Å². The Morgan fingerprint density at radius 1 is 1.24 bits per heavy atom. The van der Waals surface area contributed by atoms with E-state index in [1.165, 1.54) is 16.8 Å². The summed E-state index contributed by atoms with van der Waals surface area (Å²) in [5, 5.41) is 2.92. The minimum absolute atomic E-state index is 0.179. The van der Waals surface area contributed by atoms with Gasteiger partial charge in [-0.05, 0) is 23.8 Å². The Labute approximate surface area is 101 Å². The molecule has 1 heterocycles. The van der Waals surface area contributed by atoms with Crippen LogP contribution < -0.4 is 16.9 Å². The number of H-pyrrole nitrogens is 1. The van der Waals surface area contributed by atoms with Crippen LogP contribution in [-0.2, 0) is 6.54 Å². The van der Waals surface area contributed by atoms with Crippen molar-refractivity contribution >= 4 is 17.3 Å². The highest BCUT2D eigenvalue weighted by Crippen LogP contribution is 2.18. The van der Waals surface area contributed by atoms with Gasteiger partial charge in [0.25, 0.3) is 11.1 Å². The van der Waals surface area contributed by atoms with Crippen molar-refractivity contribution in [1.82, 2.24) is 9.78 Å². The average molecular weight is 252 g/mol. The lowest BCUT2D eigenvalue weighted by Gasteiger charge is -2.07. The average Bonchev–Trinajstić information content (AvgIpc) is 2.28. The largest absolute Gasteiger partial charge is 0.399 e. The highest BCUT2D eigenvalue weighted by Gasteiger charge is 2.04. The Morgan fingerprint density at radius 2 is 2.00 bits per heavy atom. The molecule has 2 aromatic rings. The Balaban J connectivity index is 2.44. The molecule has 0 aliphatic heterocycles. The van der Waals surface area contributed by atoms with E-state index in [0.29, 0.717) is 16.3 Å². The number of nitrogen functional groups attached to an aromatic ring is 1. The van der Waals surface area contributed by atoms with Crippen LogP contribution in [0.1, 0.15) is 5.56 Å². The van der Waals surface area contributed by atoms with Gasteiger partial charge in [0.2, 0.25) is 0 Å². The lowest BCUT2D eigenvalue weighted by Crippen LogP contribution is -2.28. The van der Waals surface area contributed by atoms with Crippen LogP contribution in [0.15, 0.2) is 39.9 Å². The second-order valence-electron chi connectivity index (χ2n) is 3.58. The Kier molecular flexibility index (Phi) is 3.01. The summed E-state index contributed by atoms with van der Waals surface area (Å²) in [5.41, 5.74) is 6.21. The van der Waals surface area contributed by atoms with E-state index in [4.69, 9.17) is 17.3 Å². The molecule has 0 saturated carbocycles. The van der Waals surface area contributed by atoms with Crippen LogP contribution in [0, 0.1) is 0 Å². The minimum atomic E-state index is -0.343. The molecule has 1 aromatic heterocycles. The number of rotatable bonds is 2. The zero-order valence-electron chi connectivity index (χ0n) is 8.81. The minimum Gasteiger partial charge on any atom is -0.399 e. The van der Waals surface area contributed by atoms with Crippen LogP contribution in [-0.4, -0.2) is 9.78 Å². The number of aromatic amines is 1. The molecule has 0 amide bonds. The van der Waals surface area contributed by atoms with Gasteiger partial charge in [0.05, 0.1) is 6.54 Å². The molecule has 0 bridgehead atoms. The van der Waals surface area contributed by atoms with Gasteiger partial charge in [-0.1, -0.05) is 11.6 Å². The van der Waals surface area contributed by atoms with Crippen molar-refractivity contribution in [2.75, 3.05) is 5.73 Å². The maximum absolute atomic E-state index is 11.5. The topological polar surface area (TPSA) is 80.9 Å². The van der Waals surface area contributed by atoms with Crippen molar-refractivity contribution in [3.05, 3.63) is 61.6 Å². The van der Waals surface area contributed by atoms with Crippen molar-refractivity contribution in [1.29, 1.82) is 0 Å². The molecule has 0 radical (unpaired) electrons. The van der Waals surface area contributed by atoms with Crippen LogP contribution in [0.2, 0.25) is 5.02 Å². The molecule has 1 aromatic carbocycles. The molecule has 0 aliphatic carbocycles. The van der Waals surface area contributed by atoms with Crippen molar-refractivity contribution in [3.8, 4) is 0 Å². The molecule has 5 nitrogen and oxygen atoms in total. The summed E-state index contributed by atoms with van der Waals surface area (Å²) >= 11 is 5.98. The summed E-state index contributed by atoms with van der Waals surface area (Å²) in [4.78, 5) is 22.6. The lowest BCUT2D eigenvalue weighted by molar-refractivity contribution is 0.627. The predicted octanol–water partition coefficient (Wildman–Crippen LogP) is 0.821. The van der Waals surface area contributed by atoms with E-state index in [9.17, 15) is 9.59 Å². The highest BCUT2D eigenvalue weighted by atomic mass is 35.5. The van der Waals surface area contributed by atoms with Crippen LogP contribution >= 0.6 is 11.6 Å². The Hall–Kier alpha value is -2.01. The number of hydrogen-bond acceptors (Lipinski definition) is 3. The van der Waals surface area contributed by atoms with E-state index in [-0.39, 0.29) is 17.7 Å². The zero-order valence-corrected chi connectivity index (χ0v) is 9.57. The monoisotopic (exact) mass is 251 g/mol. The molecule has 0 fully saturated rings. The number of anilines is 1. The van der Waals surface area contributed by atoms with Crippen molar-refractivity contribution in [3.63, 3.8) is 0 Å². The molecule has 0 saturated heterocycles. The normalized spacial score (nSPS) is 10.4. The van der Waals surface area contributed by atoms with E-state index < -0.39 is 0 Å². The van der Waals surface area contributed by atoms with Crippen molar-refractivity contribution in [2.45, 2.75) is 6.54 Å². The summed E-state index contributed by atoms with van der Waals surface area (Å²) in [5.74, 6) is 0. The second kappa shape index (κ2) is 4.47. The molecular formula is C11H10ClN3O2. The first-order chi connectivity index (χ1) is 8.06. The number of hydrogen-bond donors (Lipinski definition) is 2. The molecule has 6 heteroatoms. The van der Waals surface area contributed by atoms with Crippen LogP contribution in [0.4, 0.5) is 5.69 Å². The van der Waals surface area contributed by atoms with Crippen molar-refractivity contribution < 1.29 is 0 Å². The maximum Gasteiger partial charge on any atom is 0.265 e. The predicted molar refractivity (Wildman–Crippen MR) is 66.3 cm³/mol. The molecule has 2 rings (SSSR count). The fraction of sp³-hybridized carbons (Fsp3) is 0.0909. The van der Waals surface area contributed by atoms with E-state index >= 15 is 0 Å². The second-order valence-corrected chi connectivity index (χ2v) is 3.99. The summed E-state index contributed by atoms with van der Waals surface area (Å²) in [6, 6.07) is 7.37. The van der Waals surface area contributed by atoms with Crippen LogP contribution in [0.5, 0.6) is 0 Å². The van der Waals surface area contributed by atoms with Gasteiger partial charge >= 0.3 is 0 Å². The highest BCUT2D eigenvalue weighted by molar-refractivity contribution is 6.31. The first-order valence-electron chi connectivity index (χ1n) is 4.90. The maximum atomic E-state index is 11.5. The van der Waals surface area contributed by atoms with Gasteiger partial charge < -0.3 is 5.73 Å². The standard InChI is InChI=1S/C11H10ClN3O2/c12-9-2-1-8(13)5-7(9)6-15-11(17)4-3-10(16)14-15/h1-5H,6,13H2,(H,14,16). The van der Waals surface area contributed by atoms with E-state index in [2.05, 4.69) is 5.10 Å². The summed E-state index contributed by atoms with van der Waals surface area (Å²) < 4.78 is 1.18. The molecular weight excluding hydrogens is 242 g/mol. The van der Waals surface area contributed by atoms with Gasteiger partial charge in [-0.15, -0.1) is 0 Å². The smallest absolute Gasteiger partial charge is 0.265 e. The van der Waals surface area contributed by atoms with E-state index in [1.54, 1.807) is 18.2 Å².